The fraction of sp³-hybridized carbons (Fsp3) is 0.143. The fourth-order valence-corrected chi connectivity index (χ4v) is 3.13. The number of thiophene rings is 1. The van der Waals surface area contributed by atoms with Crippen molar-refractivity contribution >= 4 is 38.2 Å². The lowest BCUT2D eigenvalue weighted by Crippen LogP contribution is -2.19. The summed E-state index contributed by atoms with van der Waals surface area (Å²) in [5.74, 6) is -0.0772. The Morgan fingerprint density at radius 3 is 2.79 bits per heavy atom. The molecule has 0 aliphatic heterocycles. The highest BCUT2D eigenvalue weighted by Gasteiger charge is 2.29. The van der Waals surface area contributed by atoms with E-state index in [1.54, 1.807) is 29.6 Å². The van der Waals surface area contributed by atoms with Crippen molar-refractivity contribution in [3.8, 4) is 5.88 Å². The molecule has 0 spiro atoms. The maximum absolute atomic E-state index is 12.4. The predicted molar refractivity (Wildman–Crippen MR) is 84.5 cm³/mol. The number of nitrogens with zero attached hydrogens (tertiary/aromatic N) is 3. The minimum absolute atomic E-state index is 0.0118. The van der Waals surface area contributed by atoms with Gasteiger partial charge in [0.25, 0.3) is 0 Å². The van der Waals surface area contributed by atoms with Crippen LogP contribution in [0.4, 0.5) is 13.2 Å². The molecule has 3 aromatic rings. The summed E-state index contributed by atoms with van der Waals surface area (Å²) in [4.78, 5) is 4.18. The normalized spacial score (nSPS) is 12.7. The molecule has 3 rings (SSSR count). The van der Waals surface area contributed by atoms with Crippen molar-refractivity contribution in [1.29, 1.82) is 5.53 Å². The van der Waals surface area contributed by atoms with Gasteiger partial charge in [0.15, 0.2) is 12.4 Å². The van der Waals surface area contributed by atoms with E-state index in [1.165, 1.54) is 11.3 Å². The lowest BCUT2D eigenvalue weighted by atomic mass is 10.1. The van der Waals surface area contributed by atoms with Gasteiger partial charge in [0, 0.05) is 15.6 Å². The predicted octanol–water partition coefficient (Wildman–Crippen LogP) is 4.04. The summed E-state index contributed by atoms with van der Waals surface area (Å²) in [6.45, 7) is -1.42. The number of ether oxygens (including phenoxy) is 1. The van der Waals surface area contributed by atoms with Crippen LogP contribution in [-0.2, 0) is 0 Å². The van der Waals surface area contributed by atoms with Gasteiger partial charge in [-0.05, 0) is 17.5 Å². The Morgan fingerprint density at radius 2 is 2.08 bits per heavy atom. The smallest absolute Gasteiger partial charge is 0.422 e. The van der Waals surface area contributed by atoms with E-state index in [9.17, 15) is 13.2 Å². The maximum atomic E-state index is 12.4. The zero-order valence-electron chi connectivity index (χ0n) is 12.0. The Bertz CT molecular complexity index is 951. The maximum Gasteiger partial charge on any atom is 0.422 e. The van der Waals surface area contributed by atoms with Crippen LogP contribution in [0.1, 0.15) is 5.56 Å². The molecule has 0 aliphatic carbocycles. The van der Waals surface area contributed by atoms with Crippen LogP contribution in [0.2, 0.25) is 0 Å². The number of alkyl halides is 3. The number of nitrogens with one attached hydrogen (secondary N) is 1. The molecule has 0 amide bonds. The Hall–Kier alpha value is -2.75. The zero-order chi connectivity index (χ0) is 17.3. The number of nitrogens with two attached hydrogens (primary N) is 1. The number of aromatic nitrogens is 1. The first-order valence-electron chi connectivity index (χ1n) is 6.60. The van der Waals surface area contributed by atoms with Gasteiger partial charge < -0.3 is 10.5 Å². The third-order valence-corrected chi connectivity index (χ3v) is 4.13. The number of halogens is 3. The minimum atomic E-state index is -4.45. The Morgan fingerprint density at radius 1 is 1.29 bits per heavy atom. The average Bonchev–Trinajstić information content (AvgIpc) is 3.01. The van der Waals surface area contributed by atoms with E-state index in [0.29, 0.717) is 16.5 Å². The molecule has 2 heterocycles. The molecule has 124 valence electrons. The molecule has 6 nitrogen and oxygen atoms in total. The van der Waals surface area contributed by atoms with Crippen molar-refractivity contribution in [2.24, 2.45) is 16.1 Å². The zero-order valence-corrected chi connectivity index (χ0v) is 12.8. The minimum Gasteiger partial charge on any atom is -0.468 e. The second-order valence-corrected chi connectivity index (χ2v) is 5.72. The van der Waals surface area contributed by atoms with Gasteiger partial charge in [-0.15, -0.1) is 16.4 Å². The summed E-state index contributed by atoms with van der Waals surface area (Å²) >= 11 is 1.38. The van der Waals surface area contributed by atoms with E-state index in [2.05, 4.69) is 15.3 Å². The first kappa shape index (κ1) is 16.1. The van der Waals surface area contributed by atoms with Crippen LogP contribution in [-0.4, -0.2) is 23.6 Å². The average molecular weight is 353 g/mol. The Labute approximate surface area is 137 Å². The Balaban J connectivity index is 2.14. The molecule has 0 aliphatic rings. The molecular weight excluding hydrogens is 343 g/mol. The van der Waals surface area contributed by atoms with Gasteiger partial charge in [-0.25, -0.2) is 4.98 Å². The highest BCUT2D eigenvalue weighted by molar-refractivity contribution is 7.18. The van der Waals surface area contributed by atoms with Crippen molar-refractivity contribution in [3.05, 3.63) is 35.2 Å². The highest BCUT2D eigenvalue weighted by atomic mass is 32.1. The van der Waals surface area contributed by atoms with Gasteiger partial charge >= 0.3 is 6.18 Å². The molecule has 0 saturated heterocycles. The van der Waals surface area contributed by atoms with Crippen molar-refractivity contribution < 1.29 is 17.9 Å². The van der Waals surface area contributed by atoms with E-state index >= 15 is 0 Å². The lowest BCUT2D eigenvalue weighted by Gasteiger charge is -2.11. The molecule has 0 fully saturated rings. The molecule has 0 bridgehead atoms. The number of hydrogen-bond donors (Lipinski definition) is 2. The third-order valence-electron chi connectivity index (χ3n) is 3.19. The topological polar surface area (TPSA) is 96.7 Å². The standard InChI is InChI=1S/C14H10F3N5OS/c15-14(16,17)6-23-13-9-3-4-24-11(9)8-2-1-7(5-10(8)20-13)12(18)21-22-19/h1-5H,6H2,(H3,18,19,21). The molecule has 2 aromatic heterocycles. The molecule has 0 unspecified atom stereocenters. The van der Waals surface area contributed by atoms with Crippen LogP contribution in [0.15, 0.2) is 40.0 Å². The second-order valence-electron chi connectivity index (χ2n) is 4.80. The monoisotopic (exact) mass is 353 g/mol. The van der Waals surface area contributed by atoms with E-state index < -0.39 is 12.8 Å². The van der Waals surface area contributed by atoms with Crippen LogP contribution in [0.3, 0.4) is 0 Å². The number of fused-ring (bicyclic) bond motifs is 3. The van der Waals surface area contributed by atoms with Gasteiger partial charge in [-0.1, -0.05) is 17.4 Å². The summed E-state index contributed by atoms with van der Waals surface area (Å²) in [6, 6.07) is 6.67. The van der Waals surface area contributed by atoms with E-state index in [1.807, 2.05) is 0 Å². The van der Waals surface area contributed by atoms with Gasteiger partial charge in [0.2, 0.25) is 5.88 Å². The molecule has 3 N–H and O–H groups in total. The lowest BCUT2D eigenvalue weighted by molar-refractivity contribution is -0.153. The second kappa shape index (κ2) is 6.04. The summed E-state index contributed by atoms with van der Waals surface area (Å²) in [5.41, 5.74) is 13.3. The van der Waals surface area contributed by atoms with E-state index in [4.69, 9.17) is 16.0 Å². The molecule has 0 saturated carbocycles. The first-order chi connectivity index (χ1) is 11.4. The largest absolute Gasteiger partial charge is 0.468 e. The first-order valence-corrected chi connectivity index (χ1v) is 7.48. The highest BCUT2D eigenvalue weighted by Crippen LogP contribution is 2.35. The molecule has 1 aromatic carbocycles. The number of amidine groups is 1. The van der Waals surface area contributed by atoms with Crippen LogP contribution >= 0.6 is 11.3 Å². The van der Waals surface area contributed by atoms with Gasteiger partial charge in [0.05, 0.1) is 10.9 Å². The molecule has 24 heavy (non-hydrogen) atoms. The number of rotatable bonds is 4. The molecule has 0 atom stereocenters. The molecule has 0 radical (unpaired) electrons. The fourth-order valence-electron chi connectivity index (χ4n) is 2.20. The summed E-state index contributed by atoms with van der Waals surface area (Å²) in [5, 5.41) is 9.32. The molecule has 10 heteroatoms. The molecular formula is C14H10F3N5OS. The number of pyridine rings is 1. The van der Waals surface area contributed by atoms with Gasteiger partial charge in [-0.2, -0.15) is 18.7 Å². The third kappa shape index (κ3) is 3.13. The number of hydrogen-bond acceptors (Lipinski definition) is 5. The van der Waals surface area contributed by atoms with E-state index in [-0.39, 0.29) is 11.7 Å². The van der Waals surface area contributed by atoms with Crippen LogP contribution in [0, 0.1) is 5.53 Å². The van der Waals surface area contributed by atoms with Crippen molar-refractivity contribution in [1.82, 2.24) is 4.98 Å². The van der Waals surface area contributed by atoms with Gasteiger partial charge in [-0.3, -0.25) is 0 Å². The quantitative estimate of drug-likeness (QED) is 0.320. The van der Waals surface area contributed by atoms with Crippen molar-refractivity contribution in [2.45, 2.75) is 6.18 Å². The number of benzene rings is 1. The van der Waals surface area contributed by atoms with Crippen LogP contribution < -0.4 is 10.5 Å². The van der Waals surface area contributed by atoms with Crippen LogP contribution in [0.5, 0.6) is 5.88 Å². The summed E-state index contributed by atoms with van der Waals surface area (Å²) in [7, 11) is 0. The van der Waals surface area contributed by atoms with Gasteiger partial charge in [0.1, 0.15) is 0 Å². The SMILES string of the molecule is N=N/N=C(\N)c1ccc2c(c1)nc(OCC(F)(F)F)c1ccsc12. The van der Waals surface area contributed by atoms with E-state index in [0.717, 1.165) is 10.1 Å². The Kier molecular flexibility index (Phi) is 4.06. The summed E-state index contributed by atoms with van der Waals surface area (Å²) in [6.07, 6.45) is -4.45. The van der Waals surface area contributed by atoms with Crippen molar-refractivity contribution in [3.63, 3.8) is 0 Å². The summed E-state index contributed by atoms with van der Waals surface area (Å²) < 4.78 is 42.9. The van der Waals surface area contributed by atoms with Crippen molar-refractivity contribution in [2.75, 3.05) is 6.61 Å². The van der Waals surface area contributed by atoms with Crippen LogP contribution in [0.25, 0.3) is 21.0 Å².